The zero-order valence-electron chi connectivity index (χ0n) is 17.9. The first-order valence-corrected chi connectivity index (χ1v) is 11.3. The predicted molar refractivity (Wildman–Crippen MR) is 124 cm³/mol. The van der Waals surface area contributed by atoms with Crippen LogP contribution in [0.4, 0.5) is 0 Å². The molecule has 0 N–H and O–H groups in total. The molecule has 2 aromatic heterocycles. The molecular formula is C25H23NO5S. The van der Waals surface area contributed by atoms with E-state index in [9.17, 15) is 4.79 Å². The van der Waals surface area contributed by atoms with Crippen LogP contribution in [0.25, 0.3) is 11.0 Å². The van der Waals surface area contributed by atoms with E-state index >= 15 is 0 Å². The summed E-state index contributed by atoms with van der Waals surface area (Å²) in [6, 6.07) is 14.9. The number of rotatable bonds is 6. The van der Waals surface area contributed by atoms with Crippen LogP contribution in [0.1, 0.15) is 16.2 Å². The molecule has 0 unspecified atom stereocenters. The maximum Gasteiger partial charge on any atom is 0.235 e. The Kier molecular flexibility index (Phi) is 5.59. The number of hydrogen-bond acceptors (Lipinski definition) is 7. The molecule has 164 valence electrons. The van der Waals surface area contributed by atoms with Crippen LogP contribution in [0.5, 0.6) is 23.0 Å². The van der Waals surface area contributed by atoms with Gasteiger partial charge in [0.05, 0.1) is 18.1 Å². The Morgan fingerprint density at radius 1 is 1.12 bits per heavy atom. The van der Waals surface area contributed by atoms with Crippen molar-refractivity contribution in [3.8, 4) is 23.0 Å². The fourth-order valence-electron chi connectivity index (χ4n) is 3.87. The van der Waals surface area contributed by atoms with Gasteiger partial charge >= 0.3 is 0 Å². The Morgan fingerprint density at radius 2 is 2.00 bits per heavy atom. The fourth-order valence-corrected chi connectivity index (χ4v) is 4.57. The Morgan fingerprint density at radius 3 is 2.81 bits per heavy atom. The summed E-state index contributed by atoms with van der Waals surface area (Å²) in [6.45, 7) is 3.80. The van der Waals surface area contributed by atoms with Gasteiger partial charge < -0.3 is 18.6 Å². The lowest BCUT2D eigenvalue weighted by molar-refractivity contribution is 0.0969. The van der Waals surface area contributed by atoms with Gasteiger partial charge in [-0.15, -0.1) is 11.3 Å². The average Bonchev–Trinajstić information content (AvgIpc) is 3.34. The molecule has 0 bridgehead atoms. The topological polar surface area (TPSA) is 61.1 Å². The molecule has 1 aliphatic heterocycles. The first-order valence-electron chi connectivity index (χ1n) is 10.4. The van der Waals surface area contributed by atoms with Crippen LogP contribution >= 0.6 is 11.3 Å². The van der Waals surface area contributed by atoms with Crippen LogP contribution in [0.15, 0.2) is 63.1 Å². The molecule has 2 aromatic carbocycles. The molecular weight excluding hydrogens is 426 g/mol. The van der Waals surface area contributed by atoms with Crippen molar-refractivity contribution >= 4 is 22.3 Å². The molecule has 0 atom stereocenters. The highest BCUT2D eigenvalue weighted by Crippen LogP contribution is 2.34. The van der Waals surface area contributed by atoms with Crippen molar-refractivity contribution in [1.29, 1.82) is 0 Å². The highest BCUT2D eigenvalue weighted by molar-refractivity contribution is 7.09. The highest BCUT2D eigenvalue weighted by atomic mass is 32.1. The van der Waals surface area contributed by atoms with Gasteiger partial charge in [0.25, 0.3) is 0 Å². The third kappa shape index (κ3) is 3.97. The number of nitrogens with zero attached hydrogens (tertiary/aromatic N) is 1. The molecule has 0 fully saturated rings. The van der Waals surface area contributed by atoms with Gasteiger partial charge in [-0.05, 0) is 49.1 Å². The van der Waals surface area contributed by atoms with Crippen LogP contribution in [0.3, 0.4) is 0 Å². The van der Waals surface area contributed by atoms with Crippen LogP contribution in [0, 0.1) is 6.92 Å². The van der Waals surface area contributed by atoms with E-state index in [2.05, 4.69) is 22.4 Å². The molecule has 0 spiro atoms. The smallest absolute Gasteiger partial charge is 0.235 e. The highest BCUT2D eigenvalue weighted by Gasteiger charge is 2.24. The summed E-state index contributed by atoms with van der Waals surface area (Å²) >= 11 is 1.76. The molecule has 0 radical (unpaired) electrons. The summed E-state index contributed by atoms with van der Waals surface area (Å²) in [7, 11) is 1.59. The number of benzene rings is 2. The van der Waals surface area contributed by atoms with E-state index in [0.29, 0.717) is 41.5 Å². The van der Waals surface area contributed by atoms with Crippen LogP contribution in [0.2, 0.25) is 0 Å². The molecule has 0 aliphatic carbocycles. The van der Waals surface area contributed by atoms with Crippen LogP contribution in [-0.4, -0.2) is 25.3 Å². The Balaban J connectivity index is 1.46. The third-order valence-electron chi connectivity index (χ3n) is 5.54. The Bertz CT molecular complexity index is 1310. The standard InChI is InChI=1S/C25H23NO5S/c1-16-24(31-18-6-3-5-17(13-18)28-2)23(27)20-8-9-22-21(25(20)30-16)14-26(15-29-22)11-10-19-7-4-12-32-19/h3-9,12-13H,10-11,14-15H2,1-2H3. The lowest BCUT2D eigenvalue weighted by atomic mass is 10.1. The zero-order valence-corrected chi connectivity index (χ0v) is 18.7. The molecule has 5 rings (SSSR count). The normalized spacial score (nSPS) is 13.6. The van der Waals surface area contributed by atoms with Crippen molar-refractivity contribution in [2.24, 2.45) is 0 Å². The number of hydrogen-bond donors (Lipinski definition) is 0. The second-order valence-electron chi connectivity index (χ2n) is 7.67. The number of fused-ring (bicyclic) bond motifs is 3. The minimum atomic E-state index is -0.204. The fraction of sp³-hybridized carbons (Fsp3) is 0.240. The van der Waals surface area contributed by atoms with Gasteiger partial charge in [-0.1, -0.05) is 12.1 Å². The SMILES string of the molecule is COc1cccc(Oc2c(C)oc3c4c(ccc3c2=O)OCN(CCc2cccs2)C4)c1. The summed E-state index contributed by atoms with van der Waals surface area (Å²) in [6.07, 6.45) is 0.961. The van der Waals surface area contributed by atoms with Crippen molar-refractivity contribution in [3.63, 3.8) is 0 Å². The van der Waals surface area contributed by atoms with E-state index in [1.165, 1.54) is 4.88 Å². The van der Waals surface area contributed by atoms with E-state index in [0.717, 1.165) is 24.3 Å². The quantitative estimate of drug-likeness (QED) is 0.395. The van der Waals surface area contributed by atoms with E-state index in [1.807, 2.05) is 18.2 Å². The summed E-state index contributed by atoms with van der Waals surface area (Å²) in [5.74, 6) is 2.53. The number of ether oxygens (including phenoxy) is 3. The number of methoxy groups -OCH3 is 1. The molecule has 0 amide bonds. The van der Waals surface area contributed by atoms with Crippen molar-refractivity contribution < 1.29 is 18.6 Å². The van der Waals surface area contributed by atoms with Gasteiger partial charge in [0.15, 0.2) is 0 Å². The van der Waals surface area contributed by atoms with E-state index in [-0.39, 0.29) is 11.2 Å². The molecule has 1 aliphatic rings. The molecule has 0 saturated carbocycles. The second kappa shape index (κ2) is 8.68. The summed E-state index contributed by atoms with van der Waals surface area (Å²) in [4.78, 5) is 16.8. The largest absolute Gasteiger partial charge is 0.497 e. The van der Waals surface area contributed by atoms with Gasteiger partial charge in [-0.25, -0.2) is 0 Å². The lowest BCUT2D eigenvalue weighted by Gasteiger charge is -2.29. The van der Waals surface area contributed by atoms with E-state index < -0.39 is 0 Å². The molecule has 3 heterocycles. The Hall–Kier alpha value is -3.29. The maximum atomic E-state index is 13.3. The van der Waals surface area contributed by atoms with E-state index in [1.54, 1.807) is 43.6 Å². The van der Waals surface area contributed by atoms with Crippen molar-refractivity contribution in [1.82, 2.24) is 4.90 Å². The molecule has 32 heavy (non-hydrogen) atoms. The van der Waals surface area contributed by atoms with Gasteiger partial charge in [0.2, 0.25) is 11.2 Å². The van der Waals surface area contributed by atoms with Crippen LogP contribution in [-0.2, 0) is 13.0 Å². The minimum absolute atomic E-state index is 0.178. The summed E-state index contributed by atoms with van der Waals surface area (Å²) < 4.78 is 23.3. The Labute approximate surface area is 189 Å². The molecule has 6 nitrogen and oxygen atoms in total. The minimum Gasteiger partial charge on any atom is -0.497 e. The van der Waals surface area contributed by atoms with Gasteiger partial charge in [-0.2, -0.15) is 0 Å². The predicted octanol–water partition coefficient (Wildman–Crippen LogP) is 5.36. The van der Waals surface area contributed by atoms with Crippen LogP contribution < -0.4 is 19.6 Å². The second-order valence-corrected chi connectivity index (χ2v) is 8.70. The third-order valence-corrected chi connectivity index (χ3v) is 6.48. The molecule has 7 heteroatoms. The summed E-state index contributed by atoms with van der Waals surface area (Å²) in [5.41, 5.74) is 1.25. The zero-order chi connectivity index (χ0) is 22.1. The van der Waals surface area contributed by atoms with Crippen molar-refractivity contribution in [3.05, 3.63) is 80.3 Å². The molecule has 4 aromatic rings. The van der Waals surface area contributed by atoms with Crippen molar-refractivity contribution in [2.45, 2.75) is 19.9 Å². The number of thiophene rings is 1. The average molecular weight is 450 g/mol. The maximum absolute atomic E-state index is 13.3. The lowest BCUT2D eigenvalue weighted by Crippen LogP contribution is -2.33. The van der Waals surface area contributed by atoms with Gasteiger partial charge in [0, 0.05) is 24.0 Å². The van der Waals surface area contributed by atoms with Gasteiger partial charge in [-0.3, -0.25) is 9.69 Å². The first kappa shape index (κ1) is 20.6. The first-order chi connectivity index (χ1) is 15.6. The van der Waals surface area contributed by atoms with Crippen molar-refractivity contribution in [2.75, 3.05) is 20.4 Å². The molecule has 0 saturated heterocycles. The van der Waals surface area contributed by atoms with E-state index in [4.69, 9.17) is 18.6 Å². The summed E-state index contributed by atoms with van der Waals surface area (Å²) in [5, 5.41) is 2.57. The number of aryl methyl sites for hydroxylation is 1. The van der Waals surface area contributed by atoms with Gasteiger partial charge in [0.1, 0.15) is 35.3 Å². The monoisotopic (exact) mass is 449 g/mol.